The number of anilines is 1. The highest BCUT2D eigenvalue weighted by Gasteiger charge is 2.33. The highest BCUT2D eigenvalue weighted by molar-refractivity contribution is 7.86. The van der Waals surface area contributed by atoms with Gasteiger partial charge in [-0.1, -0.05) is 37.3 Å². The van der Waals surface area contributed by atoms with Gasteiger partial charge < -0.3 is 5.32 Å². The highest BCUT2D eigenvalue weighted by atomic mass is 32.2. The molecular weight excluding hydrogens is 386 g/mol. The van der Waals surface area contributed by atoms with Gasteiger partial charge >= 0.3 is 0 Å². The van der Waals surface area contributed by atoms with Crippen LogP contribution >= 0.6 is 0 Å². The fourth-order valence-electron chi connectivity index (χ4n) is 3.62. The van der Waals surface area contributed by atoms with Crippen molar-refractivity contribution in [2.24, 2.45) is 5.92 Å². The minimum Gasteiger partial charge on any atom is -0.322 e. The summed E-state index contributed by atoms with van der Waals surface area (Å²) in [7, 11) is -1.92. The van der Waals surface area contributed by atoms with Crippen LogP contribution in [0.15, 0.2) is 54.6 Å². The molecule has 0 aromatic heterocycles. The van der Waals surface area contributed by atoms with Gasteiger partial charge in [-0.05, 0) is 55.5 Å². The molecule has 0 bridgehead atoms. The van der Waals surface area contributed by atoms with Crippen molar-refractivity contribution in [3.63, 3.8) is 0 Å². The van der Waals surface area contributed by atoms with Crippen molar-refractivity contribution in [1.82, 2.24) is 8.61 Å². The summed E-state index contributed by atoms with van der Waals surface area (Å²) < 4.78 is 29.2. The number of piperidine rings is 1. The molecule has 2 aromatic carbocycles. The zero-order chi connectivity index (χ0) is 21.0. The van der Waals surface area contributed by atoms with Gasteiger partial charge in [0.2, 0.25) is 0 Å². The van der Waals surface area contributed by atoms with Crippen molar-refractivity contribution in [3.05, 3.63) is 65.7 Å². The summed E-state index contributed by atoms with van der Waals surface area (Å²) in [5, 5.41) is 2.88. The van der Waals surface area contributed by atoms with Gasteiger partial charge in [-0.2, -0.15) is 17.0 Å². The third kappa shape index (κ3) is 5.04. The Balaban J connectivity index is 1.74. The first-order valence-electron chi connectivity index (χ1n) is 9.98. The van der Waals surface area contributed by atoms with Gasteiger partial charge in [-0.25, -0.2) is 0 Å². The van der Waals surface area contributed by atoms with Gasteiger partial charge in [0.1, 0.15) is 0 Å². The Morgan fingerprint density at radius 3 is 2.59 bits per heavy atom. The monoisotopic (exact) mass is 415 g/mol. The summed E-state index contributed by atoms with van der Waals surface area (Å²) >= 11 is 0. The summed E-state index contributed by atoms with van der Waals surface area (Å²) in [6.07, 6.45) is 1.96. The van der Waals surface area contributed by atoms with E-state index >= 15 is 0 Å². The Hall–Kier alpha value is -2.22. The zero-order valence-electron chi connectivity index (χ0n) is 17.2. The fraction of sp³-hybridized carbons (Fsp3) is 0.409. The summed E-state index contributed by atoms with van der Waals surface area (Å²) in [5.74, 6) is 0.178. The predicted octanol–water partition coefficient (Wildman–Crippen LogP) is 3.91. The Morgan fingerprint density at radius 2 is 1.90 bits per heavy atom. The van der Waals surface area contributed by atoms with Crippen LogP contribution in [0.4, 0.5) is 5.69 Å². The van der Waals surface area contributed by atoms with Crippen LogP contribution in [0.1, 0.15) is 48.7 Å². The lowest BCUT2D eigenvalue weighted by Gasteiger charge is -2.35. The maximum Gasteiger partial charge on any atom is 0.282 e. The maximum atomic E-state index is 13.1. The minimum absolute atomic E-state index is 0.196. The predicted molar refractivity (Wildman–Crippen MR) is 116 cm³/mol. The van der Waals surface area contributed by atoms with Crippen LogP contribution in [-0.2, 0) is 10.2 Å². The summed E-state index contributed by atoms with van der Waals surface area (Å²) in [5.41, 5.74) is 2.04. The van der Waals surface area contributed by atoms with E-state index in [4.69, 9.17) is 0 Å². The molecule has 1 amide bonds. The van der Waals surface area contributed by atoms with Crippen molar-refractivity contribution in [2.75, 3.05) is 25.5 Å². The van der Waals surface area contributed by atoms with Crippen LogP contribution < -0.4 is 5.32 Å². The van der Waals surface area contributed by atoms with Crippen molar-refractivity contribution < 1.29 is 13.2 Å². The number of hydrogen-bond donors (Lipinski definition) is 1. The van der Waals surface area contributed by atoms with Crippen LogP contribution in [0.3, 0.4) is 0 Å². The smallest absolute Gasteiger partial charge is 0.282 e. The van der Waals surface area contributed by atoms with Crippen LogP contribution in [0, 0.1) is 5.92 Å². The number of carbonyl (C=O) groups is 1. The molecule has 0 aliphatic carbocycles. The Bertz CT molecular complexity index is 947. The molecule has 3 rings (SSSR count). The average molecular weight is 416 g/mol. The van der Waals surface area contributed by atoms with Gasteiger partial charge in [-0.15, -0.1) is 0 Å². The first kappa shape index (κ1) is 21.5. The van der Waals surface area contributed by atoms with Crippen LogP contribution in [0.2, 0.25) is 0 Å². The standard InChI is InChI=1S/C22H29N3O3S/c1-17-9-8-14-25(16-17)29(27,28)24(3)18(2)20-12-7-13-21(15-20)23-22(26)19-10-5-4-6-11-19/h4-7,10-13,15,17-18H,8-9,14,16H2,1-3H3,(H,23,26)/t17-,18+/m0/s1. The molecule has 1 N–H and O–H groups in total. The van der Waals surface area contributed by atoms with Gasteiger partial charge in [0.05, 0.1) is 0 Å². The molecule has 0 unspecified atom stereocenters. The van der Waals surface area contributed by atoms with Crippen molar-refractivity contribution >= 4 is 21.8 Å². The highest BCUT2D eigenvalue weighted by Crippen LogP contribution is 2.28. The molecule has 1 aliphatic heterocycles. The molecular formula is C22H29N3O3S. The molecule has 29 heavy (non-hydrogen) atoms. The second-order valence-corrected chi connectivity index (χ2v) is 9.74. The second kappa shape index (κ2) is 9.07. The fourth-order valence-corrected chi connectivity index (χ4v) is 5.31. The molecule has 2 aromatic rings. The van der Waals surface area contributed by atoms with E-state index in [1.54, 1.807) is 29.6 Å². The molecule has 156 valence electrons. The first-order chi connectivity index (χ1) is 13.8. The van der Waals surface area contributed by atoms with Gasteiger partial charge in [0, 0.05) is 37.4 Å². The lowest BCUT2D eigenvalue weighted by Crippen LogP contribution is -2.46. The SMILES string of the molecule is C[C@H]1CCCN(S(=O)(=O)N(C)[C@H](C)c2cccc(NC(=O)c3ccccc3)c2)C1. The van der Waals surface area contributed by atoms with E-state index in [2.05, 4.69) is 12.2 Å². The summed E-state index contributed by atoms with van der Waals surface area (Å²) in [4.78, 5) is 12.4. The number of benzene rings is 2. The lowest BCUT2D eigenvalue weighted by atomic mass is 10.0. The molecule has 1 heterocycles. The first-order valence-corrected chi connectivity index (χ1v) is 11.4. The van der Waals surface area contributed by atoms with Crippen molar-refractivity contribution in [3.8, 4) is 0 Å². The third-order valence-electron chi connectivity index (χ3n) is 5.52. The van der Waals surface area contributed by atoms with Gasteiger partial charge in [-0.3, -0.25) is 4.79 Å². The van der Waals surface area contributed by atoms with E-state index in [-0.39, 0.29) is 11.9 Å². The number of nitrogens with zero attached hydrogens (tertiary/aromatic N) is 2. The van der Waals surface area contributed by atoms with E-state index in [0.29, 0.717) is 30.3 Å². The molecule has 0 radical (unpaired) electrons. The van der Waals surface area contributed by atoms with Crippen LogP contribution in [0.5, 0.6) is 0 Å². The minimum atomic E-state index is -3.54. The number of hydrogen-bond acceptors (Lipinski definition) is 3. The number of amides is 1. The number of carbonyl (C=O) groups excluding carboxylic acids is 1. The van der Waals surface area contributed by atoms with Crippen molar-refractivity contribution in [1.29, 1.82) is 0 Å². The van der Waals surface area contributed by atoms with E-state index < -0.39 is 10.2 Å². The molecule has 1 fully saturated rings. The van der Waals surface area contributed by atoms with Crippen LogP contribution in [0.25, 0.3) is 0 Å². The Labute approximate surface area is 173 Å². The van der Waals surface area contributed by atoms with E-state index in [0.717, 1.165) is 18.4 Å². The largest absolute Gasteiger partial charge is 0.322 e. The Kier molecular flexibility index (Phi) is 6.72. The molecule has 6 nitrogen and oxygen atoms in total. The number of nitrogens with one attached hydrogen (secondary N) is 1. The molecule has 1 saturated heterocycles. The second-order valence-electron chi connectivity index (χ2n) is 7.75. The number of rotatable bonds is 6. The molecule has 0 spiro atoms. The van der Waals surface area contributed by atoms with Crippen molar-refractivity contribution in [2.45, 2.75) is 32.7 Å². The molecule has 1 aliphatic rings. The normalized spacial score (nSPS) is 19.1. The third-order valence-corrected chi connectivity index (χ3v) is 7.55. The van der Waals surface area contributed by atoms with E-state index in [9.17, 15) is 13.2 Å². The summed E-state index contributed by atoms with van der Waals surface area (Å²) in [6, 6.07) is 16.0. The van der Waals surface area contributed by atoms with Crippen LogP contribution in [-0.4, -0.2) is 43.1 Å². The van der Waals surface area contributed by atoms with E-state index in [1.165, 1.54) is 4.31 Å². The zero-order valence-corrected chi connectivity index (χ0v) is 18.0. The topological polar surface area (TPSA) is 69.7 Å². The van der Waals surface area contributed by atoms with Gasteiger partial charge in [0.25, 0.3) is 16.1 Å². The molecule has 0 saturated carbocycles. The van der Waals surface area contributed by atoms with Gasteiger partial charge in [0.15, 0.2) is 0 Å². The molecule has 2 atom stereocenters. The Morgan fingerprint density at radius 1 is 1.17 bits per heavy atom. The lowest BCUT2D eigenvalue weighted by molar-refractivity contribution is 0.102. The molecule has 7 heteroatoms. The summed E-state index contributed by atoms with van der Waals surface area (Å²) in [6.45, 7) is 5.08. The maximum absolute atomic E-state index is 13.1. The van der Waals surface area contributed by atoms with E-state index in [1.807, 2.05) is 43.3 Å². The average Bonchev–Trinajstić information content (AvgIpc) is 2.73. The quantitative estimate of drug-likeness (QED) is 0.778.